The molecule has 0 amide bonds. The molecule has 7 nitrogen and oxygen atoms in total. The van der Waals surface area contributed by atoms with Crippen molar-refractivity contribution in [2.24, 2.45) is 0 Å². The van der Waals surface area contributed by atoms with Gasteiger partial charge in [0, 0.05) is 37.0 Å². The second-order valence-corrected chi connectivity index (χ2v) is 7.79. The summed E-state index contributed by atoms with van der Waals surface area (Å²) in [6.45, 7) is 8.68. The Hall–Kier alpha value is -3.19. The lowest BCUT2D eigenvalue weighted by molar-refractivity contribution is -0.671. The van der Waals surface area contributed by atoms with Crippen LogP contribution >= 0.6 is 0 Å². The van der Waals surface area contributed by atoms with Gasteiger partial charge in [0.15, 0.2) is 0 Å². The number of quaternary nitrogens is 1. The molecule has 3 aromatic rings. The molecule has 7 heteroatoms. The van der Waals surface area contributed by atoms with E-state index in [1.807, 2.05) is 42.0 Å². The van der Waals surface area contributed by atoms with E-state index in [2.05, 4.69) is 24.1 Å². The Morgan fingerprint density at radius 3 is 2.73 bits per heavy atom. The zero-order valence-corrected chi connectivity index (χ0v) is 17.7. The Labute approximate surface area is 176 Å². The smallest absolute Gasteiger partial charge is 0.312 e. The van der Waals surface area contributed by atoms with Gasteiger partial charge in [-0.05, 0) is 42.2 Å². The summed E-state index contributed by atoms with van der Waals surface area (Å²) in [6.07, 6.45) is 6.53. The number of aromatic nitrogens is 2. The zero-order chi connectivity index (χ0) is 21.5. The Bertz CT molecular complexity index is 984. The maximum absolute atomic E-state index is 11.7. The molecule has 0 unspecified atom stereocenters. The highest BCUT2D eigenvalue weighted by molar-refractivity contribution is 5.52. The van der Waals surface area contributed by atoms with E-state index in [0.29, 0.717) is 12.3 Å². The summed E-state index contributed by atoms with van der Waals surface area (Å²) >= 11 is 0. The Morgan fingerprint density at radius 2 is 2.03 bits per heavy atom. The summed E-state index contributed by atoms with van der Waals surface area (Å²) in [4.78, 5) is 15.3. The van der Waals surface area contributed by atoms with Gasteiger partial charge in [-0.15, -0.1) is 0 Å². The minimum absolute atomic E-state index is 0.00414. The third-order valence-corrected chi connectivity index (χ3v) is 4.99. The van der Waals surface area contributed by atoms with Crippen LogP contribution in [-0.4, -0.2) is 21.0 Å². The fourth-order valence-electron chi connectivity index (χ4n) is 3.35. The quantitative estimate of drug-likeness (QED) is 0.309. The number of hydrogen-bond acceptors (Lipinski definition) is 4. The van der Waals surface area contributed by atoms with Crippen LogP contribution in [0.1, 0.15) is 42.9 Å². The summed E-state index contributed by atoms with van der Waals surface area (Å²) in [5.41, 5.74) is 2.99. The Balaban J connectivity index is 1.67. The van der Waals surface area contributed by atoms with Crippen molar-refractivity contribution in [1.29, 1.82) is 0 Å². The van der Waals surface area contributed by atoms with Crippen molar-refractivity contribution in [3.8, 4) is 11.5 Å². The van der Waals surface area contributed by atoms with Crippen LogP contribution in [0.15, 0.2) is 55.1 Å². The third-order valence-electron chi connectivity index (χ3n) is 4.99. The average Bonchev–Trinajstić information content (AvgIpc) is 3.22. The van der Waals surface area contributed by atoms with Crippen LogP contribution in [0, 0.1) is 17.0 Å². The minimum atomic E-state index is -0.372. The normalized spacial score (nSPS) is 11.1. The number of imidazole rings is 1. The molecular weight excluding hydrogens is 380 g/mol. The molecule has 158 valence electrons. The molecule has 3 rings (SSSR count). The molecule has 0 aliphatic rings. The lowest BCUT2D eigenvalue weighted by Gasteiger charge is -2.15. The van der Waals surface area contributed by atoms with E-state index < -0.39 is 0 Å². The van der Waals surface area contributed by atoms with Crippen molar-refractivity contribution in [2.75, 3.05) is 6.54 Å². The van der Waals surface area contributed by atoms with E-state index in [0.717, 1.165) is 36.2 Å². The average molecular weight is 410 g/mol. The number of rotatable bonds is 10. The molecule has 0 saturated carbocycles. The van der Waals surface area contributed by atoms with Crippen LogP contribution in [0.25, 0.3) is 0 Å². The Morgan fingerprint density at radius 1 is 1.20 bits per heavy atom. The maximum atomic E-state index is 11.7. The van der Waals surface area contributed by atoms with E-state index in [9.17, 15) is 10.1 Å². The summed E-state index contributed by atoms with van der Waals surface area (Å²) in [6, 6.07) is 11.2. The molecule has 0 aliphatic carbocycles. The number of nitrogens with two attached hydrogens (primary N) is 1. The maximum Gasteiger partial charge on any atom is 0.312 e. The van der Waals surface area contributed by atoms with Crippen LogP contribution in [0.4, 0.5) is 5.69 Å². The van der Waals surface area contributed by atoms with Gasteiger partial charge < -0.3 is 14.6 Å². The first-order chi connectivity index (χ1) is 14.4. The van der Waals surface area contributed by atoms with Crippen molar-refractivity contribution < 1.29 is 15.0 Å². The van der Waals surface area contributed by atoms with Crippen LogP contribution in [-0.2, 0) is 13.1 Å². The molecule has 0 atom stereocenters. The van der Waals surface area contributed by atoms with Crippen molar-refractivity contribution in [3.63, 3.8) is 0 Å². The third kappa shape index (κ3) is 5.67. The van der Waals surface area contributed by atoms with E-state index >= 15 is 0 Å². The summed E-state index contributed by atoms with van der Waals surface area (Å²) in [7, 11) is 0. The van der Waals surface area contributed by atoms with Crippen LogP contribution < -0.4 is 10.1 Å². The predicted octanol–water partition coefficient (Wildman–Crippen LogP) is 4.17. The SMILES string of the molecule is Cc1ccc(C(C)C)c(Oc2ccc(C[NH2+]CCCn3ccnc3)cc2[N+](=O)[O-])c1. The number of nitrogens with zero attached hydrogens (tertiary/aromatic N) is 3. The van der Waals surface area contributed by atoms with Crippen molar-refractivity contribution in [2.45, 2.75) is 46.2 Å². The van der Waals surface area contributed by atoms with Gasteiger partial charge in [0.2, 0.25) is 5.75 Å². The van der Waals surface area contributed by atoms with Crippen LogP contribution in [0.2, 0.25) is 0 Å². The fourth-order valence-corrected chi connectivity index (χ4v) is 3.35. The van der Waals surface area contributed by atoms with Gasteiger partial charge >= 0.3 is 5.69 Å². The molecule has 0 radical (unpaired) electrons. The first-order valence-corrected chi connectivity index (χ1v) is 10.3. The summed E-state index contributed by atoms with van der Waals surface area (Å²) in [5, 5.41) is 13.8. The molecule has 1 aromatic heterocycles. The topological polar surface area (TPSA) is 86.8 Å². The molecule has 0 fully saturated rings. The zero-order valence-electron chi connectivity index (χ0n) is 17.7. The molecular formula is C23H29N4O3+. The van der Waals surface area contributed by atoms with Crippen molar-refractivity contribution in [3.05, 3.63) is 81.9 Å². The highest BCUT2D eigenvalue weighted by Crippen LogP contribution is 2.36. The van der Waals surface area contributed by atoms with E-state index in [1.54, 1.807) is 24.7 Å². The van der Waals surface area contributed by atoms with Crippen molar-refractivity contribution >= 4 is 5.69 Å². The number of hydrogen-bond donors (Lipinski definition) is 1. The monoisotopic (exact) mass is 409 g/mol. The number of nitro groups is 1. The second kappa shape index (κ2) is 10.0. The molecule has 0 bridgehead atoms. The first kappa shape index (κ1) is 21.5. The highest BCUT2D eigenvalue weighted by atomic mass is 16.6. The van der Waals surface area contributed by atoms with Gasteiger partial charge in [-0.2, -0.15) is 0 Å². The minimum Gasteiger partial charge on any atom is -0.450 e. The molecule has 2 N–H and O–H groups in total. The van der Waals surface area contributed by atoms with E-state index in [4.69, 9.17) is 4.74 Å². The molecule has 0 spiro atoms. The molecule has 2 aromatic carbocycles. The number of aryl methyl sites for hydroxylation is 2. The largest absolute Gasteiger partial charge is 0.450 e. The molecule has 30 heavy (non-hydrogen) atoms. The molecule has 0 aliphatic heterocycles. The second-order valence-electron chi connectivity index (χ2n) is 7.79. The lowest BCUT2D eigenvalue weighted by Crippen LogP contribution is -2.82. The van der Waals surface area contributed by atoms with E-state index in [1.165, 1.54) is 0 Å². The van der Waals surface area contributed by atoms with Gasteiger partial charge in [-0.1, -0.05) is 26.0 Å². The summed E-state index contributed by atoms with van der Waals surface area (Å²) in [5.74, 6) is 1.21. The standard InChI is InChI=1S/C23H28N4O3/c1-17(2)20-7-5-18(3)13-23(20)30-22-8-6-19(14-21(22)27(28)29)15-24-9-4-11-26-12-10-25-16-26/h5-8,10,12-14,16-17,24H,4,9,11,15H2,1-3H3/p+1. The molecule has 1 heterocycles. The number of benzene rings is 2. The van der Waals surface area contributed by atoms with Gasteiger partial charge in [0.25, 0.3) is 0 Å². The first-order valence-electron chi connectivity index (χ1n) is 10.3. The van der Waals surface area contributed by atoms with Gasteiger partial charge in [0.1, 0.15) is 12.3 Å². The lowest BCUT2D eigenvalue weighted by atomic mass is 10.0. The van der Waals surface area contributed by atoms with Gasteiger partial charge in [-0.3, -0.25) is 10.1 Å². The molecule has 0 saturated heterocycles. The Kier molecular flexibility index (Phi) is 7.19. The number of nitro benzene ring substituents is 1. The van der Waals surface area contributed by atoms with Gasteiger partial charge in [0.05, 0.1) is 17.8 Å². The van der Waals surface area contributed by atoms with Gasteiger partial charge in [-0.25, -0.2) is 4.98 Å². The number of ether oxygens (including phenoxy) is 1. The predicted molar refractivity (Wildman–Crippen MR) is 116 cm³/mol. The van der Waals surface area contributed by atoms with Crippen LogP contribution in [0.3, 0.4) is 0 Å². The highest BCUT2D eigenvalue weighted by Gasteiger charge is 2.19. The van der Waals surface area contributed by atoms with E-state index in [-0.39, 0.29) is 22.3 Å². The fraction of sp³-hybridized carbons (Fsp3) is 0.348. The van der Waals surface area contributed by atoms with Crippen molar-refractivity contribution in [1.82, 2.24) is 9.55 Å². The summed E-state index contributed by atoms with van der Waals surface area (Å²) < 4.78 is 8.07. The van der Waals surface area contributed by atoms with Crippen LogP contribution in [0.5, 0.6) is 11.5 Å².